The first-order chi connectivity index (χ1) is 7.70. The second-order valence-corrected chi connectivity index (χ2v) is 3.38. The van der Waals surface area contributed by atoms with Crippen molar-refractivity contribution in [1.82, 2.24) is 4.90 Å². The van der Waals surface area contributed by atoms with E-state index in [1.165, 1.54) is 5.56 Å². The fraction of sp³-hybridized carbons (Fsp3) is 0.231. The molecule has 0 bridgehead atoms. The molecule has 0 unspecified atom stereocenters. The van der Waals surface area contributed by atoms with E-state index in [2.05, 4.69) is 43.3 Å². The van der Waals surface area contributed by atoms with Gasteiger partial charge in [-0.15, -0.1) is 0 Å². The molecule has 0 aliphatic heterocycles. The lowest BCUT2D eigenvalue weighted by molar-refractivity contribution is -0.106. The van der Waals surface area contributed by atoms with E-state index >= 15 is 0 Å². The lowest BCUT2D eigenvalue weighted by Gasteiger charge is -2.08. The monoisotopic (exact) mass is 219 g/mol. The molecular formula is C13H17NO2. The van der Waals surface area contributed by atoms with E-state index in [-0.39, 0.29) is 0 Å². The predicted octanol–water partition coefficient (Wildman–Crippen LogP) is 1.69. The molecule has 0 atom stereocenters. The molecule has 0 saturated carbocycles. The summed E-state index contributed by atoms with van der Waals surface area (Å²) in [4.78, 5) is 20.8. The molecule has 0 heterocycles. The average molecular weight is 219 g/mol. The molecule has 0 spiro atoms. The van der Waals surface area contributed by atoms with Crippen LogP contribution in [0.2, 0.25) is 0 Å². The van der Waals surface area contributed by atoms with E-state index in [1.807, 2.05) is 6.07 Å². The minimum absolute atomic E-state index is 0.550. The zero-order valence-electron chi connectivity index (χ0n) is 9.67. The van der Waals surface area contributed by atoms with Gasteiger partial charge < -0.3 is 4.90 Å². The first-order valence-corrected chi connectivity index (χ1v) is 4.95. The summed E-state index contributed by atoms with van der Waals surface area (Å²) in [6, 6.07) is 10.5. The number of hydrogen-bond donors (Lipinski definition) is 0. The smallest absolute Gasteiger partial charge is 0.142 e. The largest absolute Gasteiger partial charge is 0.305 e. The van der Waals surface area contributed by atoms with Crippen LogP contribution in [0.1, 0.15) is 5.56 Å². The standard InChI is InChI=1S/C9H13N.C4H4O2/c1-10(2)8-9-6-4-3-5-7-9;5-3-1-2-4-6/h3-7H,8H2,1-2H3;1-4H/b;2-1-. The van der Waals surface area contributed by atoms with Gasteiger partial charge in [-0.25, -0.2) is 0 Å². The van der Waals surface area contributed by atoms with Gasteiger partial charge >= 0.3 is 0 Å². The van der Waals surface area contributed by atoms with Crippen molar-refractivity contribution in [2.45, 2.75) is 6.54 Å². The van der Waals surface area contributed by atoms with Crippen molar-refractivity contribution in [3.63, 3.8) is 0 Å². The van der Waals surface area contributed by atoms with Crippen LogP contribution in [0.25, 0.3) is 0 Å². The molecule has 0 fully saturated rings. The maximum atomic E-state index is 9.32. The number of nitrogens with zero attached hydrogens (tertiary/aromatic N) is 1. The lowest BCUT2D eigenvalue weighted by Crippen LogP contribution is -2.10. The van der Waals surface area contributed by atoms with Gasteiger partial charge in [0.25, 0.3) is 0 Å². The summed E-state index contributed by atoms with van der Waals surface area (Å²) in [6.45, 7) is 1.03. The van der Waals surface area contributed by atoms with E-state index in [4.69, 9.17) is 0 Å². The number of allylic oxidation sites excluding steroid dienone is 2. The quantitative estimate of drug-likeness (QED) is 0.571. The molecule has 1 aromatic carbocycles. The van der Waals surface area contributed by atoms with Gasteiger partial charge in [0.1, 0.15) is 12.6 Å². The third-order valence-electron chi connectivity index (χ3n) is 1.61. The molecule has 0 aromatic heterocycles. The molecule has 1 rings (SSSR count). The Hall–Kier alpha value is -1.74. The van der Waals surface area contributed by atoms with Crippen LogP contribution in [0.4, 0.5) is 0 Å². The Labute approximate surface area is 96.4 Å². The van der Waals surface area contributed by atoms with Crippen molar-refractivity contribution in [3.8, 4) is 0 Å². The van der Waals surface area contributed by atoms with E-state index < -0.39 is 0 Å². The summed E-state index contributed by atoms with van der Waals surface area (Å²) >= 11 is 0. The summed E-state index contributed by atoms with van der Waals surface area (Å²) in [5, 5.41) is 0. The SMILES string of the molecule is CN(C)Cc1ccccc1.O=C/C=C\C=O. The van der Waals surface area contributed by atoms with Crippen LogP contribution in [0.3, 0.4) is 0 Å². The summed E-state index contributed by atoms with van der Waals surface area (Å²) in [5.74, 6) is 0. The van der Waals surface area contributed by atoms with E-state index in [0.29, 0.717) is 12.6 Å². The highest BCUT2D eigenvalue weighted by Gasteiger charge is 1.90. The lowest BCUT2D eigenvalue weighted by atomic mass is 10.2. The van der Waals surface area contributed by atoms with Crippen molar-refractivity contribution >= 4 is 12.6 Å². The molecular weight excluding hydrogens is 202 g/mol. The van der Waals surface area contributed by atoms with Gasteiger partial charge in [0.2, 0.25) is 0 Å². The van der Waals surface area contributed by atoms with Crippen LogP contribution in [-0.4, -0.2) is 31.6 Å². The van der Waals surface area contributed by atoms with E-state index in [1.54, 1.807) is 0 Å². The Balaban J connectivity index is 0.000000325. The van der Waals surface area contributed by atoms with Gasteiger partial charge in [-0.2, -0.15) is 0 Å². The second kappa shape index (κ2) is 9.80. The summed E-state index contributed by atoms with van der Waals surface area (Å²) in [7, 11) is 4.15. The van der Waals surface area contributed by atoms with Crippen molar-refractivity contribution in [1.29, 1.82) is 0 Å². The van der Waals surface area contributed by atoms with Gasteiger partial charge in [-0.05, 0) is 31.8 Å². The third kappa shape index (κ3) is 8.84. The van der Waals surface area contributed by atoms with Crippen LogP contribution < -0.4 is 0 Å². The molecule has 0 N–H and O–H groups in total. The van der Waals surface area contributed by atoms with Gasteiger partial charge in [0.05, 0.1) is 0 Å². The molecule has 86 valence electrons. The molecule has 3 heteroatoms. The Morgan fingerprint density at radius 1 is 1.00 bits per heavy atom. The second-order valence-electron chi connectivity index (χ2n) is 3.38. The first-order valence-electron chi connectivity index (χ1n) is 4.95. The first kappa shape index (κ1) is 14.3. The average Bonchev–Trinajstić information content (AvgIpc) is 2.28. The maximum Gasteiger partial charge on any atom is 0.142 e. The molecule has 0 amide bonds. The topological polar surface area (TPSA) is 37.4 Å². The molecule has 0 aliphatic rings. The highest BCUT2D eigenvalue weighted by atomic mass is 16.1. The Kier molecular flexibility index (Phi) is 8.74. The fourth-order valence-corrected chi connectivity index (χ4v) is 1.04. The normalized spacial score (nSPS) is 9.69. The van der Waals surface area contributed by atoms with Gasteiger partial charge in [0, 0.05) is 6.54 Å². The Bertz CT molecular complexity index is 308. The molecule has 0 aliphatic carbocycles. The van der Waals surface area contributed by atoms with Crippen molar-refractivity contribution in [2.75, 3.05) is 14.1 Å². The zero-order valence-corrected chi connectivity index (χ0v) is 9.67. The number of carbonyl (C=O) groups excluding carboxylic acids is 2. The third-order valence-corrected chi connectivity index (χ3v) is 1.61. The van der Waals surface area contributed by atoms with E-state index in [0.717, 1.165) is 18.7 Å². The molecule has 3 nitrogen and oxygen atoms in total. The fourth-order valence-electron chi connectivity index (χ4n) is 1.04. The zero-order chi connectivity index (χ0) is 12.2. The van der Waals surface area contributed by atoms with E-state index in [9.17, 15) is 9.59 Å². The van der Waals surface area contributed by atoms with Crippen molar-refractivity contribution in [3.05, 3.63) is 48.0 Å². The molecule has 16 heavy (non-hydrogen) atoms. The molecule has 0 radical (unpaired) electrons. The molecule has 0 saturated heterocycles. The molecule has 1 aromatic rings. The highest BCUT2D eigenvalue weighted by molar-refractivity contribution is 5.75. The van der Waals surface area contributed by atoms with Gasteiger partial charge in [-0.3, -0.25) is 9.59 Å². The predicted molar refractivity (Wildman–Crippen MR) is 65.1 cm³/mol. The maximum absolute atomic E-state index is 9.32. The Morgan fingerprint density at radius 3 is 1.88 bits per heavy atom. The summed E-state index contributed by atoms with van der Waals surface area (Å²) in [6.07, 6.45) is 3.36. The van der Waals surface area contributed by atoms with Crippen LogP contribution in [-0.2, 0) is 16.1 Å². The number of aldehydes is 2. The summed E-state index contributed by atoms with van der Waals surface area (Å²) in [5.41, 5.74) is 1.37. The number of rotatable bonds is 4. The van der Waals surface area contributed by atoms with Gasteiger partial charge in [0.15, 0.2) is 0 Å². The van der Waals surface area contributed by atoms with Crippen LogP contribution in [0, 0.1) is 0 Å². The van der Waals surface area contributed by atoms with Crippen molar-refractivity contribution < 1.29 is 9.59 Å². The summed E-state index contributed by atoms with van der Waals surface area (Å²) < 4.78 is 0. The van der Waals surface area contributed by atoms with Crippen LogP contribution in [0.5, 0.6) is 0 Å². The highest BCUT2D eigenvalue weighted by Crippen LogP contribution is 1.99. The van der Waals surface area contributed by atoms with Crippen molar-refractivity contribution in [2.24, 2.45) is 0 Å². The van der Waals surface area contributed by atoms with Crippen LogP contribution in [0.15, 0.2) is 42.5 Å². The van der Waals surface area contributed by atoms with Gasteiger partial charge in [-0.1, -0.05) is 30.3 Å². The number of benzene rings is 1. The number of carbonyl (C=O) groups is 2. The number of hydrogen-bond acceptors (Lipinski definition) is 3. The van der Waals surface area contributed by atoms with Crippen LogP contribution >= 0.6 is 0 Å². The minimum Gasteiger partial charge on any atom is -0.305 e. The minimum atomic E-state index is 0.550. The Morgan fingerprint density at radius 2 is 1.50 bits per heavy atom.